The van der Waals surface area contributed by atoms with Gasteiger partial charge in [0.15, 0.2) is 5.82 Å². The highest BCUT2D eigenvalue weighted by molar-refractivity contribution is 7.92. The van der Waals surface area contributed by atoms with E-state index in [0.717, 1.165) is 25.2 Å². The van der Waals surface area contributed by atoms with Crippen molar-refractivity contribution in [2.24, 2.45) is 0 Å². The molecule has 0 bridgehead atoms. The van der Waals surface area contributed by atoms with Gasteiger partial charge in [-0.3, -0.25) is 14.4 Å². The van der Waals surface area contributed by atoms with E-state index in [1.165, 1.54) is 12.4 Å². The van der Waals surface area contributed by atoms with Crippen LogP contribution in [0.1, 0.15) is 29.3 Å². The SMILES string of the molecule is CCCS(=O)(=O)Nc1ccc(F)c(C(=O)c2c[nH]c3ncc(OCCN4CCOCC4)cc23)c1F. The third-order valence-electron chi connectivity index (χ3n) is 5.59. The van der Waals surface area contributed by atoms with Crippen molar-refractivity contribution in [1.82, 2.24) is 14.9 Å². The Bertz CT molecular complexity index is 1320. The normalized spacial score (nSPS) is 14.8. The van der Waals surface area contributed by atoms with Gasteiger partial charge in [-0.15, -0.1) is 0 Å². The van der Waals surface area contributed by atoms with Gasteiger partial charge in [0.05, 0.1) is 36.4 Å². The van der Waals surface area contributed by atoms with Gasteiger partial charge in [0.1, 0.15) is 23.8 Å². The van der Waals surface area contributed by atoms with Gasteiger partial charge in [-0.1, -0.05) is 6.92 Å². The summed E-state index contributed by atoms with van der Waals surface area (Å²) in [4.78, 5) is 22.4. The number of aromatic nitrogens is 2. The van der Waals surface area contributed by atoms with Crippen molar-refractivity contribution in [2.75, 3.05) is 49.9 Å². The van der Waals surface area contributed by atoms with E-state index in [1.54, 1.807) is 13.0 Å². The van der Waals surface area contributed by atoms with E-state index in [1.807, 2.05) is 0 Å². The number of ether oxygens (including phenoxy) is 2. The van der Waals surface area contributed by atoms with E-state index < -0.39 is 38.7 Å². The first-order valence-corrected chi connectivity index (χ1v) is 12.9. The lowest BCUT2D eigenvalue weighted by Crippen LogP contribution is -2.38. The minimum Gasteiger partial charge on any atom is -0.491 e. The summed E-state index contributed by atoms with van der Waals surface area (Å²) in [7, 11) is -3.84. The Hall–Kier alpha value is -3.09. The van der Waals surface area contributed by atoms with Crippen LogP contribution in [0, 0.1) is 11.6 Å². The summed E-state index contributed by atoms with van der Waals surface area (Å²) < 4.78 is 67.0. The fraction of sp³-hybridized carbons (Fsp3) is 0.391. The standard InChI is InChI=1S/C23H26F2N4O5S/c1-2-11-35(31,32)28-19-4-3-18(24)20(21(19)25)22(30)17-14-27-23-16(17)12-15(13-26-23)34-10-7-29-5-8-33-9-6-29/h3-4,12-14,28H,2,5-11H2,1H3,(H,26,27). The topological polar surface area (TPSA) is 114 Å². The first kappa shape index (κ1) is 25.0. The lowest BCUT2D eigenvalue weighted by atomic mass is 10.0. The molecule has 1 aliphatic heterocycles. The number of carbonyl (C=O) groups is 1. The lowest BCUT2D eigenvalue weighted by molar-refractivity contribution is 0.0322. The average Bonchev–Trinajstić information content (AvgIpc) is 3.25. The molecule has 3 aromatic rings. The Kier molecular flexibility index (Phi) is 7.63. The molecule has 188 valence electrons. The molecular formula is C23H26F2N4O5S. The number of sulfonamides is 1. The Morgan fingerprint density at radius 1 is 1.29 bits per heavy atom. The fourth-order valence-corrected chi connectivity index (χ4v) is 4.96. The second-order valence-corrected chi connectivity index (χ2v) is 9.95. The number of halogens is 2. The molecule has 0 aliphatic carbocycles. The summed E-state index contributed by atoms with van der Waals surface area (Å²) >= 11 is 0. The third kappa shape index (κ3) is 5.77. The smallest absolute Gasteiger partial charge is 0.232 e. The van der Waals surface area contributed by atoms with Crippen LogP contribution in [-0.4, -0.2) is 74.3 Å². The Morgan fingerprint density at radius 2 is 2.06 bits per heavy atom. The van der Waals surface area contributed by atoms with Crippen LogP contribution in [0.5, 0.6) is 5.75 Å². The number of carbonyl (C=O) groups excluding carboxylic acids is 1. The molecule has 2 N–H and O–H groups in total. The number of hydrogen-bond donors (Lipinski definition) is 2. The molecule has 0 atom stereocenters. The average molecular weight is 509 g/mol. The largest absolute Gasteiger partial charge is 0.491 e. The molecule has 0 spiro atoms. The second-order valence-electron chi connectivity index (χ2n) is 8.11. The van der Waals surface area contributed by atoms with E-state index in [4.69, 9.17) is 9.47 Å². The zero-order valence-corrected chi connectivity index (χ0v) is 20.0. The van der Waals surface area contributed by atoms with Gasteiger partial charge in [0.2, 0.25) is 15.8 Å². The number of nitrogens with zero attached hydrogens (tertiary/aromatic N) is 2. The summed E-state index contributed by atoms with van der Waals surface area (Å²) in [6, 6.07) is 3.38. The van der Waals surface area contributed by atoms with Crippen LogP contribution in [0.3, 0.4) is 0 Å². The predicted octanol–water partition coefficient (Wildman–Crippen LogP) is 2.93. The molecule has 4 rings (SSSR count). The van der Waals surface area contributed by atoms with Crippen LogP contribution in [0.4, 0.5) is 14.5 Å². The quantitative estimate of drug-likeness (QED) is 0.405. The van der Waals surface area contributed by atoms with Crippen LogP contribution in [0.2, 0.25) is 0 Å². The number of rotatable bonds is 10. The van der Waals surface area contributed by atoms with Crippen molar-refractivity contribution in [3.05, 3.63) is 53.4 Å². The van der Waals surface area contributed by atoms with Gasteiger partial charge in [-0.2, -0.15) is 0 Å². The van der Waals surface area contributed by atoms with Gasteiger partial charge < -0.3 is 14.5 Å². The first-order valence-electron chi connectivity index (χ1n) is 11.2. The molecule has 3 heterocycles. The maximum absolute atomic E-state index is 15.1. The number of benzene rings is 1. The summed E-state index contributed by atoms with van der Waals surface area (Å²) in [5.41, 5.74) is -1.03. The maximum Gasteiger partial charge on any atom is 0.232 e. The monoisotopic (exact) mass is 508 g/mol. The van der Waals surface area contributed by atoms with E-state index in [2.05, 4.69) is 19.6 Å². The van der Waals surface area contributed by atoms with Crippen molar-refractivity contribution in [3.8, 4) is 5.75 Å². The van der Waals surface area contributed by atoms with Crippen LogP contribution >= 0.6 is 0 Å². The third-order valence-corrected chi connectivity index (χ3v) is 7.06. The number of ketones is 1. The van der Waals surface area contributed by atoms with Crippen LogP contribution in [-0.2, 0) is 14.8 Å². The van der Waals surface area contributed by atoms with Crippen LogP contribution in [0.25, 0.3) is 11.0 Å². The Morgan fingerprint density at radius 3 is 2.80 bits per heavy atom. The van der Waals surface area contributed by atoms with Crippen molar-refractivity contribution in [1.29, 1.82) is 0 Å². The number of pyridine rings is 1. The van der Waals surface area contributed by atoms with E-state index in [-0.39, 0.29) is 11.3 Å². The predicted molar refractivity (Wildman–Crippen MR) is 126 cm³/mol. The molecule has 0 radical (unpaired) electrons. The molecule has 0 unspecified atom stereocenters. The molecule has 35 heavy (non-hydrogen) atoms. The first-order chi connectivity index (χ1) is 16.8. The van der Waals surface area contributed by atoms with Gasteiger partial charge in [0.25, 0.3) is 0 Å². The highest BCUT2D eigenvalue weighted by Gasteiger charge is 2.26. The van der Waals surface area contributed by atoms with Gasteiger partial charge in [-0.05, 0) is 24.6 Å². The molecule has 1 aromatic carbocycles. The molecule has 2 aromatic heterocycles. The minimum absolute atomic E-state index is 0.0162. The lowest BCUT2D eigenvalue weighted by Gasteiger charge is -2.26. The molecule has 1 saturated heterocycles. The number of nitrogens with one attached hydrogen (secondary N) is 2. The summed E-state index contributed by atoms with van der Waals surface area (Å²) in [5, 5.41) is 0.328. The molecular weight excluding hydrogens is 482 g/mol. The number of morpholine rings is 1. The highest BCUT2D eigenvalue weighted by atomic mass is 32.2. The van der Waals surface area contributed by atoms with E-state index in [0.29, 0.717) is 49.6 Å². The minimum atomic E-state index is -3.84. The van der Waals surface area contributed by atoms with Crippen LogP contribution < -0.4 is 9.46 Å². The zero-order chi connectivity index (χ0) is 25.0. The summed E-state index contributed by atoms with van der Waals surface area (Å²) in [5.74, 6) is -3.17. The van der Waals surface area contributed by atoms with Crippen LogP contribution in [0.15, 0.2) is 30.6 Å². The van der Waals surface area contributed by atoms with E-state index >= 15 is 4.39 Å². The van der Waals surface area contributed by atoms with Gasteiger partial charge >= 0.3 is 0 Å². The molecule has 9 nitrogen and oxygen atoms in total. The number of hydrogen-bond acceptors (Lipinski definition) is 7. The van der Waals surface area contributed by atoms with Crippen molar-refractivity contribution in [3.63, 3.8) is 0 Å². The fourth-order valence-electron chi connectivity index (χ4n) is 3.83. The Balaban J connectivity index is 1.57. The van der Waals surface area contributed by atoms with Crippen molar-refractivity contribution in [2.45, 2.75) is 13.3 Å². The summed E-state index contributed by atoms with van der Waals surface area (Å²) in [6.45, 7) is 5.74. The number of fused-ring (bicyclic) bond motifs is 1. The highest BCUT2D eigenvalue weighted by Crippen LogP contribution is 2.28. The number of aromatic amines is 1. The molecule has 1 fully saturated rings. The number of H-pyrrole nitrogens is 1. The number of anilines is 1. The Labute approximate surface area is 201 Å². The molecule has 0 saturated carbocycles. The maximum atomic E-state index is 15.1. The van der Waals surface area contributed by atoms with Gasteiger partial charge in [0, 0.05) is 36.8 Å². The summed E-state index contributed by atoms with van der Waals surface area (Å²) in [6.07, 6.45) is 3.12. The van der Waals surface area contributed by atoms with Crippen molar-refractivity contribution >= 4 is 32.5 Å². The van der Waals surface area contributed by atoms with Crippen molar-refractivity contribution < 1.29 is 31.5 Å². The van der Waals surface area contributed by atoms with E-state index in [9.17, 15) is 17.6 Å². The molecule has 1 aliphatic rings. The molecule has 12 heteroatoms. The second kappa shape index (κ2) is 10.7. The molecule has 0 amide bonds. The zero-order valence-electron chi connectivity index (χ0n) is 19.1. The van der Waals surface area contributed by atoms with Gasteiger partial charge in [-0.25, -0.2) is 22.2 Å².